The number of β-amino-alcohol motifs (C(OH)–C–C–N with tert-alkyl or cyclic N) is 1. The van der Waals surface area contributed by atoms with E-state index in [0.717, 1.165) is 0 Å². The van der Waals surface area contributed by atoms with E-state index in [1.807, 2.05) is 0 Å². The van der Waals surface area contributed by atoms with E-state index in [9.17, 15) is 18.3 Å². The zero-order valence-corrected chi connectivity index (χ0v) is 10.3. The van der Waals surface area contributed by atoms with Crippen molar-refractivity contribution in [2.45, 2.75) is 12.5 Å². The van der Waals surface area contributed by atoms with Crippen LogP contribution in [0.2, 0.25) is 0 Å². The summed E-state index contributed by atoms with van der Waals surface area (Å²) in [6.07, 6.45) is 0. The van der Waals surface area contributed by atoms with Gasteiger partial charge < -0.3 is 9.84 Å². The summed E-state index contributed by atoms with van der Waals surface area (Å²) in [6.45, 7) is 2.14. The highest BCUT2D eigenvalue weighted by atomic mass is 32.2. The first-order valence-corrected chi connectivity index (χ1v) is 6.82. The van der Waals surface area contributed by atoms with Crippen molar-refractivity contribution in [2.75, 3.05) is 38.2 Å². The van der Waals surface area contributed by atoms with Crippen LogP contribution in [0.1, 0.15) is 6.92 Å². The predicted molar refractivity (Wildman–Crippen MR) is 57.7 cm³/mol. The standard InChI is InChI=1S/C9H17NO5S/c1-9(12,8(11)15-2)7-10-3-5-16(13,14)6-4-10/h12H,3-7H2,1-2H3. The molecule has 0 saturated carbocycles. The number of sulfone groups is 1. The molecule has 0 aliphatic carbocycles. The second-order valence-corrected chi connectivity index (χ2v) is 6.50. The van der Waals surface area contributed by atoms with Gasteiger partial charge in [0.2, 0.25) is 0 Å². The van der Waals surface area contributed by atoms with Crippen molar-refractivity contribution in [3.05, 3.63) is 0 Å². The van der Waals surface area contributed by atoms with Gasteiger partial charge in [-0.15, -0.1) is 0 Å². The van der Waals surface area contributed by atoms with Gasteiger partial charge >= 0.3 is 5.97 Å². The van der Waals surface area contributed by atoms with E-state index >= 15 is 0 Å². The van der Waals surface area contributed by atoms with E-state index in [1.54, 1.807) is 4.90 Å². The fraction of sp³-hybridized carbons (Fsp3) is 0.889. The van der Waals surface area contributed by atoms with Crippen LogP contribution in [0.4, 0.5) is 0 Å². The van der Waals surface area contributed by atoms with Crippen LogP contribution >= 0.6 is 0 Å². The van der Waals surface area contributed by atoms with E-state index in [0.29, 0.717) is 13.1 Å². The highest BCUT2D eigenvalue weighted by molar-refractivity contribution is 7.91. The first-order valence-electron chi connectivity index (χ1n) is 5.00. The fourth-order valence-electron chi connectivity index (χ4n) is 1.63. The Balaban J connectivity index is 2.54. The van der Waals surface area contributed by atoms with Gasteiger partial charge in [-0.25, -0.2) is 13.2 Å². The molecule has 6 nitrogen and oxygen atoms in total. The number of methoxy groups -OCH3 is 1. The fourth-order valence-corrected chi connectivity index (χ4v) is 2.91. The maximum absolute atomic E-state index is 11.2. The van der Waals surface area contributed by atoms with Gasteiger partial charge in [0.25, 0.3) is 0 Å². The Morgan fingerprint density at radius 2 is 1.94 bits per heavy atom. The Morgan fingerprint density at radius 1 is 1.44 bits per heavy atom. The van der Waals surface area contributed by atoms with Crippen molar-refractivity contribution in [3.8, 4) is 0 Å². The summed E-state index contributed by atoms with van der Waals surface area (Å²) in [4.78, 5) is 13.0. The number of nitrogens with zero attached hydrogens (tertiary/aromatic N) is 1. The number of aliphatic hydroxyl groups is 1. The minimum Gasteiger partial charge on any atom is -0.467 e. The van der Waals surface area contributed by atoms with E-state index in [2.05, 4.69) is 4.74 Å². The lowest BCUT2D eigenvalue weighted by Crippen LogP contribution is -2.51. The van der Waals surface area contributed by atoms with E-state index in [-0.39, 0.29) is 18.1 Å². The SMILES string of the molecule is COC(=O)C(C)(O)CN1CCS(=O)(=O)CC1. The Labute approximate surface area is 95.1 Å². The molecule has 0 aromatic rings. The molecule has 7 heteroatoms. The van der Waals surface area contributed by atoms with Crippen LogP contribution in [-0.4, -0.2) is 68.2 Å². The molecule has 1 heterocycles. The van der Waals surface area contributed by atoms with Crippen molar-refractivity contribution in [1.29, 1.82) is 0 Å². The number of esters is 1. The molecule has 1 atom stereocenters. The quantitative estimate of drug-likeness (QED) is 0.624. The number of hydrogen-bond donors (Lipinski definition) is 1. The van der Waals surface area contributed by atoms with Crippen molar-refractivity contribution >= 4 is 15.8 Å². The van der Waals surface area contributed by atoms with Crippen molar-refractivity contribution < 1.29 is 23.1 Å². The molecule has 0 amide bonds. The van der Waals surface area contributed by atoms with Crippen LogP contribution in [-0.2, 0) is 19.4 Å². The van der Waals surface area contributed by atoms with Gasteiger partial charge in [0, 0.05) is 19.6 Å². The largest absolute Gasteiger partial charge is 0.467 e. The Kier molecular flexibility index (Phi) is 3.92. The van der Waals surface area contributed by atoms with Crippen LogP contribution in [0.25, 0.3) is 0 Å². The molecule has 0 aromatic carbocycles. The molecule has 1 fully saturated rings. The zero-order chi connectivity index (χ0) is 12.4. The highest BCUT2D eigenvalue weighted by Crippen LogP contribution is 2.11. The minimum atomic E-state index is -2.94. The molecule has 0 bridgehead atoms. The monoisotopic (exact) mass is 251 g/mol. The number of ether oxygens (including phenoxy) is 1. The van der Waals surface area contributed by atoms with Crippen LogP contribution in [0.3, 0.4) is 0 Å². The van der Waals surface area contributed by atoms with Gasteiger partial charge in [-0.3, -0.25) is 4.90 Å². The number of carbonyl (C=O) groups excluding carboxylic acids is 1. The molecular formula is C9H17NO5S. The molecule has 1 saturated heterocycles. The first-order chi connectivity index (χ1) is 7.27. The van der Waals surface area contributed by atoms with E-state index in [1.165, 1.54) is 14.0 Å². The van der Waals surface area contributed by atoms with Crippen LogP contribution in [0.5, 0.6) is 0 Å². The Morgan fingerprint density at radius 3 is 2.38 bits per heavy atom. The van der Waals surface area contributed by atoms with Gasteiger partial charge in [-0.2, -0.15) is 0 Å². The third-order valence-corrected chi connectivity index (χ3v) is 4.20. The molecule has 1 aliphatic heterocycles. The molecular weight excluding hydrogens is 234 g/mol. The van der Waals surface area contributed by atoms with Gasteiger partial charge in [0.1, 0.15) is 0 Å². The van der Waals surface area contributed by atoms with Crippen molar-refractivity contribution in [2.24, 2.45) is 0 Å². The summed E-state index contributed by atoms with van der Waals surface area (Å²) in [5.74, 6) is -0.560. The van der Waals surface area contributed by atoms with Gasteiger partial charge in [0.15, 0.2) is 15.4 Å². The Hall–Kier alpha value is -0.660. The van der Waals surface area contributed by atoms with Crippen molar-refractivity contribution in [1.82, 2.24) is 4.90 Å². The lowest BCUT2D eigenvalue weighted by Gasteiger charge is -2.31. The average Bonchev–Trinajstić information content (AvgIpc) is 2.20. The summed E-state index contributed by atoms with van der Waals surface area (Å²) >= 11 is 0. The van der Waals surface area contributed by atoms with E-state index in [4.69, 9.17) is 0 Å². The topological polar surface area (TPSA) is 83.9 Å². The third kappa shape index (κ3) is 3.43. The molecule has 1 rings (SSSR count). The number of carbonyl (C=O) groups is 1. The van der Waals surface area contributed by atoms with Crippen LogP contribution < -0.4 is 0 Å². The Bertz CT molecular complexity index is 348. The van der Waals surface area contributed by atoms with Crippen molar-refractivity contribution in [3.63, 3.8) is 0 Å². The second-order valence-electron chi connectivity index (χ2n) is 4.19. The van der Waals surface area contributed by atoms with Crippen LogP contribution in [0.15, 0.2) is 0 Å². The molecule has 0 spiro atoms. The second kappa shape index (κ2) is 4.68. The lowest BCUT2D eigenvalue weighted by atomic mass is 10.1. The van der Waals surface area contributed by atoms with Gasteiger partial charge in [-0.1, -0.05) is 0 Å². The minimum absolute atomic E-state index is 0.0737. The molecule has 94 valence electrons. The maximum Gasteiger partial charge on any atom is 0.338 e. The summed E-state index contributed by atoms with van der Waals surface area (Å²) < 4.78 is 26.8. The zero-order valence-electron chi connectivity index (χ0n) is 9.47. The highest BCUT2D eigenvalue weighted by Gasteiger charge is 2.35. The van der Waals surface area contributed by atoms with Gasteiger partial charge in [0.05, 0.1) is 18.6 Å². The van der Waals surface area contributed by atoms with Crippen LogP contribution in [0, 0.1) is 0 Å². The molecule has 16 heavy (non-hydrogen) atoms. The lowest BCUT2D eigenvalue weighted by molar-refractivity contribution is -0.162. The molecule has 1 unspecified atom stereocenters. The summed E-state index contributed by atoms with van der Waals surface area (Å²) in [6, 6.07) is 0. The van der Waals surface area contributed by atoms with Gasteiger partial charge in [-0.05, 0) is 6.92 Å². The normalized spacial score (nSPS) is 24.7. The average molecular weight is 251 g/mol. The smallest absolute Gasteiger partial charge is 0.338 e. The predicted octanol–water partition coefficient (Wildman–Crippen LogP) is -1.36. The summed E-state index contributed by atoms with van der Waals surface area (Å²) in [5, 5.41) is 9.80. The third-order valence-electron chi connectivity index (χ3n) is 2.59. The summed E-state index contributed by atoms with van der Waals surface area (Å²) in [7, 11) is -1.73. The number of rotatable bonds is 3. The molecule has 0 aromatic heterocycles. The summed E-state index contributed by atoms with van der Waals surface area (Å²) in [5.41, 5.74) is -1.59. The molecule has 1 N–H and O–H groups in total. The molecule has 1 aliphatic rings. The molecule has 0 radical (unpaired) electrons. The number of hydrogen-bond acceptors (Lipinski definition) is 6. The maximum atomic E-state index is 11.2. The van der Waals surface area contributed by atoms with E-state index < -0.39 is 21.4 Å². The first kappa shape index (κ1) is 13.4.